The molecule has 0 radical (unpaired) electrons. The first-order valence-electron chi connectivity index (χ1n) is 10.5. The van der Waals surface area contributed by atoms with Crippen LogP contribution in [0.2, 0.25) is 0 Å². The van der Waals surface area contributed by atoms with Crippen molar-refractivity contribution in [1.82, 2.24) is 10.3 Å². The zero-order valence-corrected chi connectivity index (χ0v) is 17.9. The van der Waals surface area contributed by atoms with Crippen LogP contribution in [0.1, 0.15) is 39.0 Å². The number of hydrogen-bond donors (Lipinski definition) is 2. The van der Waals surface area contributed by atoms with E-state index in [-0.39, 0.29) is 25.1 Å². The fourth-order valence-corrected chi connectivity index (χ4v) is 3.97. The summed E-state index contributed by atoms with van der Waals surface area (Å²) in [5.74, 6) is 0.802. The highest BCUT2D eigenvalue weighted by molar-refractivity contribution is 5.94. The van der Waals surface area contributed by atoms with E-state index in [1.54, 1.807) is 11.1 Å². The Kier molecular flexibility index (Phi) is 5.82. The summed E-state index contributed by atoms with van der Waals surface area (Å²) in [7, 11) is 0. The molecular formula is C23H27N3O5. The maximum absolute atomic E-state index is 12.5. The number of pyridine rings is 1. The van der Waals surface area contributed by atoms with Crippen molar-refractivity contribution in [3.63, 3.8) is 0 Å². The van der Waals surface area contributed by atoms with E-state index in [0.717, 1.165) is 11.1 Å². The third-order valence-electron chi connectivity index (χ3n) is 5.55. The first kappa shape index (κ1) is 21.1. The molecule has 3 heterocycles. The van der Waals surface area contributed by atoms with Crippen LogP contribution in [0.5, 0.6) is 5.75 Å². The minimum absolute atomic E-state index is 0.173. The average molecular weight is 425 g/mol. The molecule has 164 valence electrons. The molecule has 1 unspecified atom stereocenters. The number of aliphatic hydroxyl groups excluding tert-OH is 1. The molecule has 1 fully saturated rings. The van der Waals surface area contributed by atoms with Crippen molar-refractivity contribution in [2.45, 2.75) is 45.4 Å². The lowest BCUT2D eigenvalue weighted by Crippen LogP contribution is -2.47. The summed E-state index contributed by atoms with van der Waals surface area (Å²) in [6.07, 6.45) is 0.917. The molecule has 2 N–H and O–H groups in total. The number of carbonyl (C=O) groups excluding carboxylic acids is 2. The number of aliphatic hydroxyl groups is 1. The van der Waals surface area contributed by atoms with E-state index in [2.05, 4.69) is 24.1 Å². The standard InChI is InChI=1S/C23H27N3O5/c1-13(2)8-20(28)17-6-4-16(10-25-17)15-5-7-18-21(9-15)30-12-19-22(11-24-14(3)27)31-23(29)26(18)19/h4-7,9-10,13,19-20,22,28H,8,11-12H2,1-3H3,(H,24,27)/t19-,20?,22-/m0/s1. The number of ether oxygens (including phenoxy) is 2. The molecule has 2 aliphatic rings. The average Bonchev–Trinajstić information content (AvgIpc) is 3.07. The Morgan fingerprint density at radius 1 is 1.29 bits per heavy atom. The number of cyclic esters (lactones) is 1. The summed E-state index contributed by atoms with van der Waals surface area (Å²) in [6, 6.07) is 9.08. The van der Waals surface area contributed by atoms with Crippen LogP contribution >= 0.6 is 0 Å². The van der Waals surface area contributed by atoms with Gasteiger partial charge in [0.05, 0.1) is 24.0 Å². The molecule has 2 aliphatic heterocycles. The van der Waals surface area contributed by atoms with E-state index < -0.39 is 18.3 Å². The molecule has 2 aromatic rings. The highest BCUT2D eigenvalue weighted by Gasteiger charge is 2.46. The molecule has 0 spiro atoms. The van der Waals surface area contributed by atoms with Gasteiger partial charge in [-0.25, -0.2) is 4.79 Å². The third kappa shape index (κ3) is 4.34. The smallest absolute Gasteiger partial charge is 0.415 e. The molecule has 8 nitrogen and oxygen atoms in total. The molecule has 8 heteroatoms. The molecule has 0 aliphatic carbocycles. The second-order valence-electron chi connectivity index (χ2n) is 8.41. The first-order valence-corrected chi connectivity index (χ1v) is 10.5. The minimum atomic E-state index is -0.579. The van der Waals surface area contributed by atoms with Crippen molar-refractivity contribution in [3.05, 3.63) is 42.2 Å². The van der Waals surface area contributed by atoms with Gasteiger partial charge < -0.3 is 19.9 Å². The first-order chi connectivity index (χ1) is 14.8. The van der Waals surface area contributed by atoms with Crippen molar-refractivity contribution in [2.75, 3.05) is 18.1 Å². The van der Waals surface area contributed by atoms with Crippen molar-refractivity contribution in [1.29, 1.82) is 0 Å². The van der Waals surface area contributed by atoms with Gasteiger partial charge in [-0.05, 0) is 36.1 Å². The quantitative estimate of drug-likeness (QED) is 0.738. The summed E-state index contributed by atoms with van der Waals surface area (Å²) in [4.78, 5) is 29.7. The summed E-state index contributed by atoms with van der Waals surface area (Å²) >= 11 is 0. The number of anilines is 1. The van der Waals surface area contributed by atoms with Gasteiger partial charge in [0.2, 0.25) is 5.91 Å². The summed E-state index contributed by atoms with van der Waals surface area (Å²) < 4.78 is 11.4. The number of benzene rings is 1. The van der Waals surface area contributed by atoms with Gasteiger partial charge in [0.15, 0.2) is 0 Å². The zero-order valence-electron chi connectivity index (χ0n) is 17.9. The van der Waals surface area contributed by atoms with Crippen LogP contribution in [0.15, 0.2) is 36.5 Å². The number of hydrogen-bond acceptors (Lipinski definition) is 6. The lowest BCUT2D eigenvalue weighted by atomic mass is 10.0. The number of carbonyl (C=O) groups is 2. The van der Waals surface area contributed by atoms with Crippen LogP contribution in [0, 0.1) is 5.92 Å². The number of rotatable bonds is 6. The topological polar surface area (TPSA) is 101 Å². The summed E-state index contributed by atoms with van der Waals surface area (Å²) in [5, 5.41) is 13.0. The van der Waals surface area contributed by atoms with Gasteiger partial charge in [-0.15, -0.1) is 0 Å². The Bertz CT molecular complexity index is 976. The molecule has 1 aromatic carbocycles. The molecule has 4 rings (SSSR count). The van der Waals surface area contributed by atoms with Crippen LogP contribution in [0.25, 0.3) is 11.1 Å². The van der Waals surface area contributed by atoms with Crippen molar-refractivity contribution >= 4 is 17.7 Å². The lowest BCUT2D eigenvalue weighted by Gasteiger charge is -2.31. The third-order valence-corrected chi connectivity index (χ3v) is 5.55. The molecule has 3 atom stereocenters. The van der Waals surface area contributed by atoms with Gasteiger partial charge >= 0.3 is 6.09 Å². The Balaban J connectivity index is 1.53. The van der Waals surface area contributed by atoms with E-state index in [9.17, 15) is 14.7 Å². The second-order valence-corrected chi connectivity index (χ2v) is 8.41. The van der Waals surface area contributed by atoms with Crippen molar-refractivity contribution < 1.29 is 24.2 Å². The molecule has 1 aromatic heterocycles. The number of nitrogens with one attached hydrogen (secondary N) is 1. The van der Waals surface area contributed by atoms with Gasteiger partial charge in [0, 0.05) is 18.7 Å². The molecule has 31 heavy (non-hydrogen) atoms. The van der Waals surface area contributed by atoms with E-state index >= 15 is 0 Å². The summed E-state index contributed by atoms with van der Waals surface area (Å²) in [6.45, 7) is 6.08. The SMILES string of the molecule is CC(=O)NC[C@@H]1OC(=O)N2c3ccc(-c4ccc(C(O)CC(C)C)nc4)cc3OC[C@@H]12. The van der Waals surface area contributed by atoms with E-state index in [4.69, 9.17) is 9.47 Å². The monoisotopic (exact) mass is 425 g/mol. The fourth-order valence-electron chi connectivity index (χ4n) is 3.97. The van der Waals surface area contributed by atoms with E-state index in [1.807, 2.05) is 30.3 Å². The van der Waals surface area contributed by atoms with Crippen LogP contribution in [-0.4, -0.2) is 47.4 Å². The van der Waals surface area contributed by atoms with Crippen molar-refractivity contribution in [3.8, 4) is 16.9 Å². The Labute approximate surface area is 181 Å². The molecule has 0 saturated carbocycles. The number of fused-ring (bicyclic) bond motifs is 3. The summed E-state index contributed by atoms with van der Waals surface area (Å²) in [5.41, 5.74) is 3.09. The maximum atomic E-state index is 12.5. The van der Waals surface area contributed by atoms with Gasteiger partial charge in [-0.2, -0.15) is 0 Å². The molecule has 1 saturated heterocycles. The van der Waals surface area contributed by atoms with Crippen LogP contribution in [0.4, 0.5) is 10.5 Å². The lowest BCUT2D eigenvalue weighted by molar-refractivity contribution is -0.119. The van der Waals surface area contributed by atoms with Crippen LogP contribution in [0.3, 0.4) is 0 Å². The highest BCUT2D eigenvalue weighted by Crippen LogP contribution is 2.41. The van der Waals surface area contributed by atoms with E-state index in [0.29, 0.717) is 29.5 Å². The van der Waals surface area contributed by atoms with Gasteiger partial charge in [0.1, 0.15) is 24.5 Å². The Morgan fingerprint density at radius 2 is 2.06 bits per heavy atom. The maximum Gasteiger partial charge on any atom is 0.415 e. The van der Waals surface area contributed by atoms with Gasteiger partial charge in [-0.1, -0.05) is 26.0 Å². The Morgan fingerprint density at radius 3 is 2.74 bits per heavy atom. The zero-order chi connectivity index (χ0) is 22.1. The number of nitrogens with zero attached hydrogens (tertiary/aromatic N) is 2. The second kappa shape index (κ2) is 8.55. The molecular weight excluding hydrogens is 398 g/mol. The fraction of sp³-hybridized carbons (Fsp3) is 0.435. The number of aromatic nitrogens is 1. The predicted octanol–water partition coefficient (Wildman–Crippen LogP) is 3.05. The van der Waals surface area contributed by atoms with Gasteiger partial charge in [0.25, 0.3) is 0 Å². The van der Waals surface area contributed by atoms with E-state index in [1.165, 1.54) is 6.92 Å². The van der Waals surface area contributed by atoms with Crippen molar-refractivity contribution in [2.24, 2.45) is 5.92 Å². The molecule has 0 bridgehead atoms. The largest absolute Gasteiger partial charge is 0.489 e. The van der Waals surface area contributed by atoms with Gasteiger partial charge in [-0.3, -0.25) is 14.7 Å². The normalized spacial score (nSPS) is 20.5. The van der Waals surface area contributed by atoms with Crippen LogP contribution in [-0.2, 0) is 9.53 Å². The minimum Gasteiger partial charge on any atom is -0.489 e. The Hall–Kier alpha value is -3.13. The molecule has 2 amide bonds. The van der Waals surface area contributed by atoms with Crippen LogP contribution < -0.4 is 15.0 Å². The number of amides is 2. The predicted molar refractivity (Wildman–Crippen MR) is 115 cm³/mol. The highest BCUT2D eigenvalue weighted by atomic mass is 16.6.